The predicted molar refractivity (Wildman–Crippen MR) is 110 cm³/mol. The molecule has 10 nitrogen and oxygen atoms in total. The molecule has 2 rings (SSSR count). The molecular weight excluding hydrogens is 409 g/mol. The van der Waals surface area contributed by atoms with Crippen LogP contribution in [0.2, 0.25) is 0 Å². The van der Waals surface area contributed by atoms with E-state index in [0.29, 0.717) is 16.8 Å². The van der Waals surface area contributed by atoms with Crippen LogP contribution in [0.5, 0.6) is 5.75 Å². The van der Waals surface area contributed by atoms with Gasteiger partial charge in [0.2, 0.25) is 0 Å². The lowest BCUT2D eigenvalue weighted by molar-refractivity contribution is -0.158. The minimum Gasteiger partial charge on any atom is -0.490 e. The Bertz CT molecular complexity index is 808. The van der Waals surface area contributed by atoms with Crippen LogP contribution in [0.3, 0.4) is 0 Å². The van der Waals surface area contributed by atoms with Gasteiger partial charge in [-0.3, -0.25) is 9.59 Å². The lowest BCUT2D eigenvalue weighted by Crippen LogP contribution is -2.35. The number of alkyl carbamates (subject to hydrolysis) is 1. The van der Waals surface area contributed by atoms with Gasteiger partial charge in [-0.05, 0) is 32.4 Å². The molecule has 1 aliphatic heterocycles. The largest absolute Gasteiger partial charge is 0.495 e. The number of nitrogens with one attached hydrogen (secondary N) is 1. The van der Waals surface area contributed by atoms with Gasteiger partial charge in [0.1, 0.15) is 24.6 Å². The zero-order chi connectivity index (χ0) is 23.2. The number of carbonyl (C=O) groups excluding carboxylic acids is 3. The van der Waals surface area contributed by atoms with Crippen molar-refractivity contribution < 1.29 is 43.0 Å². The Morgan fingerprint density at radius 2 is 1.90 bits per heavy atom. The summed E-state index contributed by atoms with van der Waals surface area (Å²) in [6.45, 7) is 7.58. The number of fused-ring (bicyclic) bond motifs is 1. The second-order valence-corrected chi connectivity index (χ2v) is 7.96. The minimum atomic E-state index is -1.27. The van der Waals surface area contributed by atoms with Gasteiger partial charge in [0.15, 0.2) is 6.10 Å². The highest BCUT2D eigenvalue weighted by Gasteiger charge is 2.38. The van der Waals surface area contributed by atoms with Crippen LogP contribution in [-0.4, -0.2) is 61.6 Å². The Kier molecular flexibility index (Phi) is 8.29. The summed E-state index contributed by atoms with van der Waals surface area (Å²) >= 11 is 0. The fourth-order valence-corrected chi connectivity index (χ4v) is 2.92. The SMILES string of the molecule is CC(=O)OC[C@H](COc1cccc2c1B(O)O[C@@H]2CNC(=O)OC(C)(C)C)OC(C)=O. The fourth-order valence-electron chi connectivity index (χ4n) is 2.92. The normalized spacial score (nSPS) is 16.2. The van der Waals surface area contributed by atoms with Crippen molar-refractivity contribution in [3.8, 4) is 5.75 Å². The van der Waals surface area contributed by atoms with Gasteiger partial charge in [-0.15, -0.1) is 0 Å². The molecule has 0 radical (unpaired) electrons. The van der Waals surface area contributed by atoms with E-state index in [1.54, 1.807) is 39.0 Å². The Morgan fingerprint density at radius 1 is 1.19 bits per heavy atom. The van der Waals surface area contributed by atoms with Gasteiger partial charge in [-0.25, -0.2) is 4.79 Å². The standard InChI is InChI=1S/C20H28BNO9/c1-12(23)27-10-14(29-13(2)24)11-28-16-8-6-7-15-17(31-21(26)18(15)16)9-22-19(25)30-20(3,4)5/h6-8,14,17,26H,9-11H2,1-5H3,(H,22,25)/t14-,17-/m1/s1. The van der Waals surface area contributed by atoms with Crippen molar-refractivity contribution in [1.29, 1.82) is 0 Å². The summed E-state index contributed by atoms with van der Waals surface area (Å²) in [5.74, 6) is -0.734. The third-order valence-electron chi connectivity index (χ3n) is 4.05. The molecule has 0 aliphatic carbocycles. The van der Waals surface area contributed by atoms with Crippen molar-refractivity contribution in [2.24, 2.45) is 0 Å². The summed E-state index contributed by atoms with van der Waals surface area (Å²) in [5, 5.41) is 13.0. The first-order valence-electron chi connectivity index (χ1n) is 9.83. The number of amides is 1. The highest BCUT2D eigenvalue weighted by molar-refractivity contribution is 6.62. The maximum Gasteiger partial charge on any atom is 0.495 e. The van der Waals surface area contributed by atoms with Crippen LogP contribution >= 0.6 is 0 Å². The Morgan fingerprint density at radius 3 is 2.52 bits per heavy atom. The molecular formula is C20H28BNO9. The molecule has 170 valence electrons. The monoisotopic (exact) mass is 437 g/mol. The fraction of sp³-hybridized carbons (Fsp3) is 0.550. The zero-order valence-electron chi connectivity index (χ0n) is 18.3. The van der Waals surface area contributed by atoms with Crippen LogP contribution in [0.25, 0.3) is 0 Å². The van der Waals surface area contributed by atoms with Crippen molar-refractivity contribution in [3.63, 3.8) is 0 Å². The van der Waals surface area contributed by atoms with Crippen LogP contribution < -0.4 is 15.5 Å². The molecule has 1 heterocycles. The van der Waals surface area contributed by atoms with Gasteiger partial charge in [-0.1, -0.05) is 12.1 Å². The number of esters is 2. The van der Waals surface area contributed by atoms with Gasteiger partial charge in [0.25, 0.3) is 0 Å². The van der Waals surface area contributed by atoms with E-state index < -0.39 is 43.0 Å². The average molecular weight is 437 g/mol. The summed E-state index contributed by atoms with van der Waals surface area (Å²) < 4.78 is 26.5. The molecule has 0 unspecified atom stereocenters. The van der Waals surface area contributed by atoms with Gasteiger partial charge in [-0.2, -0.15) is 0 Å². The number of rotatable bonds is 8. The van der Waals surface area contributed by atoms with E-state index >= 15 is 0 Å². The van der Waals surface area contributed by atoms with E-state index in [4.69, 9.17) is 23.6 Å². The molecule has 0 saturated heterocycles. The number of benzene rings is 1. The molecule has 2 N–H and O–H groups in total. The maximum atomic E-state index is 11.9. The van der Waals surface area contributed by atoms with Gasteiger partial charge in [0.05, 0.1) is 6.10 Å². The molecule has 2 atom stereocenters. The van der Waals surface area contributed by atoms with Crippen LogP contribution in [0.1, 0.15) is 46.3 Å². The molecule has 1 aromatic rings. The van der Waals surface area contributed by atoms with Crippen molar-refractivity contribution in [3.05, 3.63) is 23.8 Å². The molecule has 1 aliphatic rings. The quantitative estimate of drug-likeness (QED) is 0.345. The van der Waals surface area contributed by atoms with E-state index in [-0.39, 0.29) is 19.8 Å². The molecule has 1 amide bonds. The molecule has 0 aromatic heterocycles. The number of hydrogen-bond donors (Lipinski definition) is 2. The molecule has 11 heteroatoms. The summed E-state index contributed by atoms with van der Waals surface area (Å²) in [4.78, 5) is 34.2. The maximum absolute atomic E-state index is 11.9. The third kappa shape index (κ3) is 7.76. The van der Waals surface area contributed by atoms with Crippen LogP contribution in [0, 0.1) is 0 Å². The number of ether oxygens (including phenoxy) is 4. The first-order chi connectivity index (χ1) is 14.5. The predicted octanol–water partition coefficient (Wildman–Crippen LogP) is 0.844. The highest BCUT2D eigenvalue weighted by atomic mass is 16.6. The Labute approximate surface area is 181 Å². The molecule has 0 spiro atoms. The van der Waals surface area contributed by atoms with E-state index in [0.717, 1.165) is 0 Å². The smallest absolute Gasteiger partial charge is 0.490 e. The van der Waals surface area contributed by atoms with Crippen LogP contribution in [-0.2, 0) is 28.5 Å². The Balaban J connectivity index is 2.05. The van der Waals surface area contributed by atoms with Crippen molar-refractivity contribution in [1.82, 2.24) is 5.32 Å². The van der Waals surface area contributed by atoms with Crippen LogP contribution in [0.15, 0.2) is 18.2 Å². The molecule has 0 bridgehead atoms. The second-order valence-electron chi connectivity index (χ2n) is 7.96. The minimum absolute atomic E-state index is 0.0882. The third-order valence-corrected chi connectivity index (χ3v) is 4.05. The van der Waals surface area contributed by atoms with Gasteiger partial charge in [0, 0.05) is 25.9 Å². The lowest BCUT2D eigenvalue weighted by Gasteiger charge is -2.21. The van der Waals surface area contributed by atoms with Crippen LogP contribution in [0.4, 0.5) is 4.79 Å². The second kappa shape index (κ2) is 10.5. The first-order valence-corrected chi connectivity index (χ1v) is 9.83. The Hall–Kier alpha value is -2.79. The first kappa shape index (κ1) is 24.5. The summed E-state index contributed by atoms with van der Waals surface area (Å²) in [6, 6.07) is 5.09. The van der Waals surface area contributed by atoms with Gasteiger partial charge < -0.3 is 33.9 Å². The van der Waals surface area contributed by atoms with E-state index in [1.165, 1.54) is 13.8 Å². The summed E-state index contributed by atoms with van der Waals surface area (Å²) in [6.07, 6.45) is -2.02. The topological polar surface area (TPSA) is 130 Å². The van der Waals surface area contributed by atoms with E-state index in [1.807, 2.05) is 0 Å². The van der Waals surface area contributed by atoms with Crippen molar-refractivity contribution in [2.75, 3.05) is 19.8 Å². The number of hydrogen-bond acceptors (Lipinski definition) is 9. The van der Waals surface area contributed by atoms with Crippen molar-refractivity contribution in [2.45, 2.75) is 52.4 Å². The zero-order valence-corrected chi connectivity index (χ0v) is 18.3. The summed E-state index contributed by atoms with van der Waals surface area (Å²) in [7, 11) is -1.27. The van der Waals surface area contributed by atoms with Crippen molar-refractivity contribution >= 4 is 30.6 Å². The van der Waals surface area contributed by atoms with Gasteiger partial charge >= 0.3 is 25.2 Å². The molecule has 0 saturated carbocycles. The molecule has 0 fully saturated rings. The molecule has 31 heavy (non-hydrogen) atoms. The average Bonchev–Trinajstić information content (AvgIpc) is 2.97. The molecule has 1 aromatic carbocycles. The lowest BCUT2D eigenvalue weighted by atomic mass is 9.78. The number of carbonyl (C=O) groups is 3. The summed E-state index contributed by atoms with van der Waals surface area (Å²) in [5.41, 5.74) is 0.418. The van der Waals surface area contributed by atoms with E-state index in [9.17, 15) is 19.4 Å². The van der Waals surface area contributed by atoms with E-state index in [2.05, 4.69) is 5.32 Å². The highest BCUT2D eigenvalue weighted by Crippen LogP contribution is 2.27.